The Kier molecular flexibility index (Phi) is 7.46. The van der Waals surface area contributed by atoms with E-state index in [-0.39, 0.29) is 43.5 Å². The van der Waals surface area contributed by atoms with Crippen LogP contribution in [0, 0.1) is 11.2 Å². The molecule has 1 unspecified atom stereocenters. The topological polar surface area (TPSA) is 160 Å². The second kappa shape index (κ2) is 11.0. The summed E-state index contributed by atoms with van der Waals surface area (Å²) in [6, 6.07) is 9.52. The van der Waals surface area contributed by atoms with Crippen LogP contribution in [0.1, 0.15) is 27.4 Å². The number of halogens is 1. The number of amidine groups is 1. The maximum Gasteiger partial charge on any atom is 0.287 e. The molecule has 4 heterocycles. The Balaban J connectivity index is 1.21. The van der Waals surface area contributed by atoms with Gasteiger partial charge in [0.25, 0.3) is 5.91 Å². The predicted octanol–water partition coefficient (Wildman–Crippen LogP) is 1.82. The fraction of sp³-hybridized carbons (Fsp3) is 0.308. The zero-order valence-electron chi connectivity index (χ0n) is 20.7. The lowest BCUT2D eigenvalue weighted by atomic mass is 10.1. The van der Waals surface area contributed by atoms with E-state index >= 15 is 0 Å². The first-order valence-corrected chi connectivity index (χ1v) is 13.0. The molecule has 3 aromatic rings. The molecule has 11 nitrogen and oxygen atoms in total. The first-order chi connectivity index (χ1) is 18.7. The highest BCUT2D eigenvalue weighted by molar-refractivity contribution is 7.10. The van der Waals surface area contributed by atoms with Gasteiger partial charge in [-0.05, 0) is 42.5 Å². The molecule has 2 aliphatic heterocycles. The van der Waals surface area contributed by atoms with Crippen LogP contribution < -0.4 is 16.4 Å². The maximum atomic E-state index is 13.2. The van der Waals surface area contributed by atoms with Gasteiger partial charge < -0.3 is 35.2 Å². The van der Waals surface area contributed by atoms with Crippen LogP contribution in [0.25, 0.3) is 11.3 Å². The number of likely N-dealkylation sites (tertiary alicyclic amines) is 1. The number of thiophene rings is 1. The van der Waals surface area contributed by atoms with E-state index in [4.69, 9.17) is 25.0 Å². The first-order valence-electron chi connectivity index (χ1n) is 12.1. The van der Waals surface area contributed by atoms with E-state index in [1.807, 2.05) is 0 Å². The van der Waals surface area contributed by atoms with Crippen molar-refractivity contribution in [2.45, 2.75) is 24.8 Å². The molecule has 0 aliphatic carbocycles. The van der Waals surface area contributed by atoms with Crippen LogP contribution >= 0.6 is 11.3 Å². The summed E-state index contributed by atoms with van der Waals surface area (Å²) in [6.45, 7) is 0.576. The molecule has 2 aromatic heterocycles. The third-order valence-electron chi connectivity index (χ3n) is 6.49. The van der Waals surface area contributed by atoms with E-state index in [2.05, 4.69) is 10.6 Å². The van der Waals surface area contributed by atoms with E-state index in [9.17, 15) is 18.8 Å². The Bertz CT molecular complexity index is 1400. The number of amides is 3. The lowest BCUT2D eigenvalue weighted by Gasteiger charge is -2.24. The second-order valence-corrected chi connectivity index (χ2v) is 10.1. The molecular weight excluding hydrogens is 529 g/mol. The van der Waals surface area contributed by atoms with Crippen molar-refractivity contribution in [3.05, 3.63) is 69.9 Å². The maximum absolute atomic E-state index is 13.2. The molecular formula is C26H26FN5O6S. The van der Waals surface area contributed by atoms with Crippen LogP contribution in [-0.2, 0) is 25.6 Å². The minimum Gasteiger partial charge on any atom is -0.451 e. The fourth-order valence-corrected chi connectivity index (χ4v) is 5.35. The van der Waals surface area contributed by atoms with Crippen LogP contribution in [0.2, 0.25) is 0 Å². The van der Waals surface area contributed by atoms with Crippen LogP contribution in [0.3, 0.4) is 0 Å². The summed E-state index contributed by atoms with van der Waals surface area (Å²) in [5.41, 5.74) is 6.67. The summed E-state index contributed by atoms with van der Waals surface area (Å²) >= 11 is 1.36. The van der Waals surface area contributed by atoms with Gasteiger partial charge in [-0.15, -0.1) is 11.3 Å². The van der Waals surface area contributed by atoms with Crippen molar-refractivity contribution in [2.75, 3.05) is 26.3 Å². The number of hydrogen-bond donors (Lipinski definition) is 4. The van der Waals surface area contributed by atoms with E-state index < -0.39 is 29.6 Å². The SMILES string of the molecule is N=C(N)c1csc(CNC(=O)C2CC3(CN2C(=O)CNC(=O)c2ccc(-c4ccc(F)cc4)o2)OCCO3)c1. The first kappa shape index (κ1) is 26.5. The molecule has 1 aromatic carbocycles. The van der Waals surface area contributed by atoms with Crippen molar-refractivity contribution in [1.29, 1.82) is 5.41 Å². The Morgan fingerprint density at radius 3 is 2.56 bits per heavy atom. The van der Waals surface area contributed by atoms with E-state index in [0.29, 0.717) is 30.1 Å². The average molecular weight is 556 g/mol. The highest BCUT2D eigenvalue weighted by Crippen LogP contribution is 2.35. The molecule has 5 rings (SSSR count). The Morgan fingerprint density at radius 1 is 1.13 bits per heavy atom. The number of rotatable bonds is 8. The average Bonchev–Trinajstić information content (AvgIpc) is 3.74. The van der Waals surface area contributed by atoms with E-state index in [1.165, 1.54) is 46.6 Å². The number of carbonyl (C=O) groups excluding carboxylic acids is 3. The molecule has 3 amide bonds. The molecule has 1 spiro atoms. The summed E-state index contributed by atoms with van der Waals surface area (Å²) in [6.07, 6.45) is 0.154. The van der Waals surface area contributed by atoms with Gasteiger partial charge in [0, 0.05) is 27.8 Å². The molecule has 1 atom stereocenters. The lowest BCUT2D eigenvalue weighted by Crippen LogP contribution is -2.49. The largest absolute Gasteiger partial charge is 0.451 e. The molecule has 0 bridgehead atoms. The van der Waals surface area contributed by atoms with Crippen molar-refractivity contribution in [3.8, 4) is 11.3 Å². The smallest absolute Gasteiger partial charge is 0.287 e. The van der Waals surface area contributed by atoms with Crippen LogP contribution in [0.5, 0.6) is 0 Å². The van der Waals surface area contributed by atoms with E-state index in [1.54, 1.807) is 17.5 Å². The summed E-state index contributed by atoms with van der Waals surface area (Å²) < 4.78 is 30.2. The number of furan rings is 1. The molecule has 5 N–H and O–H groups in total. The number of hydrogen-bond acceptors (Lipinski definition) is 8. The van der Waals surface area contributed by atoms with Gasteiger partial charge in [-0.1, -0.05) is 0 Å². The summed E-state index contributed by atoms with van der Waals surface area (Å²) in [5, 5.41) is 14.6. The third kappa shape index (κ3) is 5.85. The highest BCUT2D eigenvalue weighted by Gasteiger charge is 2.52. The summed E-state index contributed by atoms with van der Waals surface area (Å²) in [7, 11) is 0. The predicted molar refractivity (Wildman–Crippen MR) is 138 cm³/mol. The van der Waals surface area contributed by atoms with Crippen molar-refractivity contribution in [2.24, 2.45) is 5.73 Å². The molecule has 2 saturated heterocycles. The molecule has 13 heteroatoms. The zero-order chi connectivity index (χ0) is 27.6. The molecule has 0 saturated carbocycles. The van der Waals surface area contributed by atoms with Crippen LogP contribution in [-0.4, -0.2) is 66.6 Å². The number of nitrogens with one attached hydrogen (secondary N) is 3. The van der Waals surface area contributed by atoms with Gasteiger partial charge in [0.15, 0.2) is 11.5 Å². The quantitative estimate of drug-likeness (QED) is 0.244. The number of nitrogens with two attached hydrogens (primary N) is 1. The number of nitrogens with zero attached hydrogens (tertiary/aromatic N) is 1. The zero-order valence-corrected chi connectivity index (χ0v) is 21.5. The van der Waals surface area contributed by atoms with Gasteiger partial charge in [-0.25, -0.2) is 4.39 Å². The van der Waals surface area contributed by atoms with Crippen molar-refractivity contribution in [1.82, 2.24) is 15.5 Å². The van der Waals surface area contributed by atoms with Crippen molar-refractivity contribution >= 4 is 34.9 Å². The van der Waals surface area contributed by atoms with Gasteiger partial charge in [-0.2, -0.15) is 0 Å². The van der Waals surface area contributed by atoms with Gasteiger partial charge in [0.2, 0.25) is 11.8 Å². The van der Waals surface area contributed by atoms with Crippen molar-refractivity contribution in [3.63, 3.8) is 0 Å². The third-order valence-corrected chi connectivity index (χ3v) is 7.43. The minimum atomic E-state index is -1.07. The summed E-state index contributed by atoms with van der Waals surface area (Å²) in [4.78, 5) is 41.1. The van der Waals surface area contributed by atoms with Gasteiger partial charge in [0.05, 0.1) is 32.8 Å². The molecule has 204 valence electrons. The Labute approximate surface area is 226 Å². The number of benzene rings is 1. The van der Waals surface area contributed by atoms with Crippen LogP contribution in [0.15, 0.2) is 52.3 Å². The van der Waals surface area contributed by atoms with Gasteiger partial charge in [-0.3, -0.25) is 19.8 Å². The highest BCUT2D eigenvalue weighted by atomic mass is 32.1. The van der Waals surface area contributed by atoms with Gasteiger partial charge >= 0.3 is 0 Å². The minimum absolute atomic E-state index is 0.0161. The Morgan fingerprint density at radius 2 is 1.87 bits per heavy atom. The van der Waals surface area contributed by atoms with Crippen LogP contribution in [0.4, 0.5) is 4.39 Å². The van der Waals surface area contributed by atoms with Crippen molar-refractivity contribution < 1.29 is 32.7 Å². The molecule has 2 fully saturated rings. The normalized spacial score (nSPS) is 17.9. The molecule has 0 radical (unpaired) electrons. The lowest BCUT2D eigenvalue weighted by molar-refractivity contribution is -0.152. The number of carbonyl (C=O) groups is 3. The molecule has 2 aliphatic rings. The number of ether oxygens (including phenoxy) is 2. The second-order valence-electron chi connectivity index (χ2n) is 9.14. The summed E-state index contributed by atoms with van der Waals surface area (Å²) in [5.74, 6) is -2.65. The number of nitrogen functional groups attached to an aromatic ring is 1. The van der Waals surface area contributed by atoms with Gasteiger partial charge in [0.1, 0.15) is 23.5 Å². The monoisotopic (exact) mass is 555 g/mol. The standard InChI is InChI=1S/C26H26FN5O6S/c27-17-3-1-15(2-4-17)20-5-6-21(38-20)25(35)31-12-22(33)32-14-26(36-7-8-37-26)10-19(32)24(34)30-11-18-9-16(13-39-18)23(28)29/h1-6,9,13,19H,7-8,10-12,14H2,(H3,28,29)(H,30,34)(H,31,35). The molecule has 39 heavy (non-hydrogen) atoms. The Hall–Kier alpha value is -4.07. The fourth-order valence-electron chi connectivity index (χ4n) is 4.52. The van der Waals surface area contributed by atoms with E-state index in [0.717, 1.165) is 4.88 Å².